The average molecular weight is 383 g/mol. The van der Waals surface area contributed by atoms with Crippen LogP contribution in [0.1, 0.15) is 22.3 Å². The Balaban J connectivity index is 1.74. The Bertz CT molecular complexity index is 1010. The Labute approximate surface area is 178 Å². The first-order valence-electron chi connectivity index (χ1n) is 10.0. The lowest BCUT2D eigenvalue weighted by Crippen LogP contribution is -1.87. The van der Waals surface area contributed by atoms with Crippen LogP contribution in [0.5, 0.6) is 0 Å². The zero-order valence-electron chi connectivity index (χ0n) is 16.7. The monoisotopic (exact) mass is 382 g/mol. The molecular formula is C30H22. The van der Waals surface area contributed by atoms with Crippen LogP contribution in [-0.4, -0.2) is 0 Å². The zero-order valence-corrected chi connectivity index (χ0v) is 16.7. The van der Waals surface area contributed by atoms with Crippen LogP contribution in [0.15, 0.2) is 133 Å². The number of allylic oxidation sites excluding steroid dienone is 2. The second-order valence-electron chi connectivity index (χ2n) is 6.87. The van der Waals surface area contributed by atoms with Crippen molar-refractivity contribution in [3.8, 4) is 11.8 Å². The van der Waals surface area contributed by atoms with Crippen LogP contribution in [0, 0.1) is 11.8 Å². The molecule has 0 fully saturated rings. The molecule has 0 heteroatoms. The minimum atomic E-state index is 1.12. The summed E-state index contributed by atoms with van der Waals surface area (Å²) < 4.78 is 0. The summed E-state index contributed by atoms with van der Waals surface area (Å²) in [6.07, 6.45) is 4.02. The molecule has 0 saturated carbocycles. The minimum Gasteiger partial charge on any atom is -0.0696 e. The summed E-state index contributed by atoms with van der Waals surface area (Å²) in [5, 5.41) is 0. The Morgan fingerprint density at radius 2 is 0.600 bits per heavy atom. The van der Waals surface area contributed by atoms with E-state index >= 15 is 0 Å². The molecule has 0 aliphatic rings. The SMILES string of the molecule is C(#CC=C(c1ccccc1)c1ccccc1)C=C(c1ccccc1)c1ccccc1. The first-order valence-corrected chi connectivity index (χ1v) is 10.0. The summed E-state index contributed by atoms with van der Waals surface area (Å²) in [6.45, 7) is 0. The number of hydrogen-bond acceptors (Lipinski definition) is 0. The molecule has 0 aliphatic heterocycles. The molecule has 4 aromatic carbocycles. The molecule has 0 bridgehead atoms. The van der Waals surface area contributed by atoms with Gasteiger partial charge in [0.1, 0.15) is 0 Å². The van der Waals surface area contributed by atoms with Crippen molar-refractivity contribution in [2.75, 3.05) is 0 Å². The van der Waals surface area contributed by atoms with Crippen molar-refractivity contribution >= 4 is 11.1 Å². The van der Waals surface area contributed by atoms with Gasteiger partial charge in [-0.05, 0) is 45.6 Å². The fraction of sp³-hybridized carbons (Fsp3) is 0. The Morgan fingerprint density at radius 1 is 0.367 bits per heavy atom. The van der Waals surface area contributed by atoms with E-state index in [4.69, 9.17) is 0 Å². The molecule has 0 atom stereocenters. The van der Waals surface area contributed by atoms with Crippen molar-refractivity contribution in [3.05, 3.63) is 156 Å². The summed E-state index contributed by atoms with van der Waals surface area (Å²) in [5.41, 5.74) is 6.89. The largest absolute Gasteiger partial charge is 0.0696 e. The number of rotatable bonds is 4. The molecular weight excluding hydrogens is 360 g/mol. The lowest BCUT2D eigenvalue weighted by atomic mass is 9.97. The van der Waals surface area contributed by atoms with E-state index in [0.717, 1.165) is 33.4 Å². The van der Waals surface area contributed by atoms with E-state index in [0.29, 0.717) is 0 Å². The van der Waals surface area contributed by atoms with Gasteiger partial charge >= 0.3 is 0 Å². The molecule has 4 aromatic rings. The maximum Gasteiger partial charge on any atom is -0.00277 e. The second kappa shape index (κ2) is 9.92. The number of hydrogen-bond donors (Lipinski definition) is 0. The van der Waals surface area contributed by atoms with E-state index in [1.807, 2.05) is 36.4 Å². The third kappa shape index (κ3) is 4.85. The van der Waals surface area contributed by atoms with Crippen molar-refractivity contribution in [2.24, 2.45) is 0 Å². The highest BCUT2D eigenvalue weighted by molar-refractivity contribution is 5.83. The highest BCUT2D eigenvalue weighted by atomic mass is 14.1. The summed E-state index contributed by atoms with van der Waals surface area (Å²) in [5.74, 6) is 6.53. The molecule has 0 aromatic heterocycles. The standard InChI is InChI=1S/C30H22/c1-5-15-25(16-6-1)29(26-17-7-2-8-18-26)23-13-14-24-30(27-19-9-3-10-20-27)28-21-11-4-12-22-28/h1-12,15-24H. The third-order valence-electron chi connectivity index (χ3n) is 4.86. The Hall–Kier alpha value is -4.08. The Morgan fingerprint density at radius 3 is 0.833 bits per heavy atom. The quantitative estimate of drug-likeness (QED) is 0.326. The van der Waals surface area contributed by atoms with Crippen molar-refractivity contribution in [1.82, 2.24) is 0 Å². The third-order valence-corrected chi connectivity index (χ3v) is 4.86. The predicted octanol–water partition coefficient (Wildman–Crippen LogP) is 7.25. The van der Waals surface area contributed by atoms with E-state index in [1.165, 1.54) is 0 Å². The molecule has 4 rings (SSSR count). The lowest BCUT2D eigenvalue weighted by Gasteiger charge is -2.07. The van der Waals surface area contributed by atoms with Gasteiger partial charge in [0.15, 0.2) is 0 Å². The molecule has 0 heterocycles. The average Bonchev–Trinajstić information content (AvgIpc) is 2.84. The number of benzene rings is 4. The van der Waals surface area contributed by atoms with Crippen molar-refractivity contribution in [2.45, 2.75) is 0 Å². The van der Waals surface area contributed by atoms with Gasteiger partial charge in [-0.25, -0.2) is 0 Å². The van der Waals surface area contributed by atoms with Crippen LogP contribution in [0.4, 0.5) is 0 Å². The highest BCUT2D eigenvalue weighted by Crippen LogP contribution is 2.24. The van der Waals surface area contributed by atoms with Crippen LogP contribution in [-0.2, 0) is 0 Å². The van der Waals surface area contributed by atoms with Crippen LogP contribution in [0.25, 0.3) is 11.1 Å². The first-order chi connectivity index (χ1) is 14.9. The second-order valence-corrected chi connectivity index (χ2v) is 6.87. The molecule has 0 unspecified atom stereocenters. The van der Waals surface area contributed by atoms with Gasteiger partial charge in [0.25, 0.3) is 0 Å². The highest BCUT2D eigenvalue weighted by Gasteiger charge is 2.04. The zero-order chi connectivity index (χ0) is 20.4. The van der Waals surface area contributed by atoms with Crippen LogP contribution in [0.2, 0.25) is 0 Å². The molecule has 0 aliphatic carbocycles. The molecule has 0 N–H and O–H groups in total. The van der Waals surface area contributed by atoms with Crippen LogP contribution >= 0.6 is 0 Å². The summed E-state index contributed by atoms with van der Waals surface area (Å²) >= 11 is 0. The molecule has 0 spiro atoms. The van der Waals surface area contributed by atoms with E-state index in [-0.39, 0.29) is 0 Å². The van der Waals surface area contributed by atoms with E-state index in [1.54, 1.807) is 0 Å². The van der Waals surface area contributed by atoms with Crippen LogP contribution < -0.4 is 0 Å². The van der Waals surface area contributed by atoms with Gasteiger partial charge in [-0.1, -0.05) is 133 Å². The predicted molar refractivity (Wildman–Crippen MR) is 128 cm³/mol. The normalized spacial score (nSPS) is 9.73. The van der Waals surface area contributed by atoms with E-state index in [9.17, 15) is 0 Å². The van der Waals surface area contributed by atoms with Gasteiger partial charge < -0.3 is 0 Å². The van der Waals surface area contributed by atoms with Gasteiger partial charge in [0.2, 0.25) is 0 Å². The summed E-state index contributed by atoms with van der Waals surface area (Å²) in [4.78, 5) is 0. The van der Waals surface area contributed by atoms with Crippen molar-refractivity contribution in [3.63, 3.8) is 0 Å². The summed E-state index contributed by atoms with van der Waals surface area (Å²) in [6, 6.07) is 41.6. The maximum atomic E-state index is 3.26. The smallest absolute Gasteiger partial charge is 0.00277 e. The Kier molecular flexibility index (Phi) is 6.36. The van der Waals surface area contributed by atoms with Crippen molar-refractivity contribution in [1.29, 1.82) is 0 Å². The van der Waals surface area contributed by atoms with Gasteiger partial charge in [-0.2, -0.15) is 0 Å². The summed E-state index contributed by atoms with van der Waals surface area (Å²) in [7, 11) is 0. The molecule has 0 saturated heterocycles. The molecule has 0 amide bonds. The lowest BCUT2D eigenvalue weighted by molar-refractivity contribution is 1.55. The van der Waals surface area contributed by atoms with Gasteiger partial charge in [-0.15, -0.1) is 0 Å². The van der Waals surface area contributed by atoms with Gasteiger partial charge in [-0.3, -0.25) is 0 Å². The molecule has 30 heavy (non-hydrogen) atoms. The van der Waals surface area contributed by atoms with Gasteiger partial charge in [0.05, 0.1) is 0 Å². The fourth-order valence-corrected chi connectivity index (χ4v) is 3.37. The fourth-order valence-electron chi connectivity index (χ4n) is 3.37. The molecule has 0 radical (unpaired) electrons. The van der Waals surface area contributed by atoms with E-state index < -0.39 is 0 Å². The van der Waals surface area contributed by atoms with Gasteiger partial charge in [0, 0.05) is 0 Å². The van der Waals surface area contributed by atoms with Crippen molar-refractivity contribution < 1.29 is 0 Å². The topological polar surface area (TPSA) is 0 Å². The molecule has 0 nitrogen and oxygen atoms in total. The maximum absolute atomic E-state index is 3.26. The molecule has 142 valence electrons. The van der Waals surface area contributed by atoms with Crippen LogP contribution in [0.3, 0.4) is 0 Å². The minimum absolute atomic E-state index is 1.12. The van der Waals surface area contributed by atoms with E-state index in [2.05, 4.69) is 109 Å². The first kappa shape index (κ1) is 19.2.